The number of imidazole rings is 1. The molecule has 0 unspecified atom stereocenters. The predicted octanol–water partition coefficient (Wildman–Crippen LogP) is 2.69. The lowest BCUT2D eigenvalue weighted by Gasteiger charge is -2.32. The molecular formula is C19H24N6OS. The first-order valence-corrected chi connectivity index (χ1v) is 10.3. The summed E-state index contributed by atoms with van der Waals surface area (Å²) in [5.41, 5.74) is 4.00. The van der Waals surface area contributed by atoms with Gasteiger partial charge in [0, 0.05) is 61.6 Å². The van der Waals surface area contributed by atoms with E-state index in [-0.39, 0.29) is 11.8 Å². The third-order valence-electron chi connectivity index (χ3n) is 5.17. The number of nitrogens with zero attached hydrogens (tertiary/aromatic N) is 6. The first kappa shape index (κ1) is 17.9. The second-order valence-corrected chi connectivity index (χ2v) is 7.74. The average Bonchev–Trinajstić information content (AvgIpc) is 3.43. The Morgan fingerprint density at radius 1 is 1.33 bits per heavy atom. The zero-order valence-corrected chi connectivity index (χ0v) is 16.3. The SMILES string of the molecule is Cc1ccnn1CCC(=O)N1CCC[C@@H](c2nccn2Cc2cscn2)C1. The van der Waals surface area contributed by atoms with Gasteiger partial charge in [-0.25, -0.2) is 9.97 Å². The Morgan fingerprint density at radius 2 is 2.26 bits per heavy atom. The monoisotopic (exact) mass is 384 g/mol. The Kier molecular flexibility index (Phi) is 5.33. The van der Waals surface area contributed by atoms with Crippen LogP contribution in [0.4, 0.5) is 0 Å². The smallest absolute Gasteiger partial charge is 0.224 e. The van der Waals surface area contributed by atoms with Gasteiger partial charge in [0.1, 0.15) is 5.82 Å². The van der Waals surface area contributed by atoms with Crippen LogP contribution in [0.15, 0.2) is 35.5 Å². The van der Waals surface area contributed by atoms with E-state index in [4.69, 9.17) is 0 Å². The van der Waals surface area contributed by atoms with Gasteiger partial charge in [-0.3, -0.25) is 9.48 Å². The van der Waals surface area contributed by atoms with Crippen molar-refractivity contribution in [2.45, 2.75) is 45.2 Å². The summed E-state index contributed by atoms with van der Waals surface area (Å²) in [6, 6.07) is 1.96. The molecule has 3 aromatic rings. The van der Waals surface area contributed by atoms with Crippen LogP contribution in [0.1, 0.15) is 42.4 Å². The number of hydrogen-bond acceptors (Lipinski definition) is 5. The summed E-state index contributed by atoms with van der Waals surface area (Å²) in [6.07, 6.45) is 8.21. The Hall–Kier alpha value is -2.48. The Bertz CT molecular complexity index is 884. The zero-order chi connectivity index (χ0) is 18.6. The van der Waals surface area contributed by atoms with Crippen LogP contribution in [0, 0.1) is 6.92 Å². The molecule has 4 heterocycles. The fourth-order valence-corrected chi connectivity index (χ4v) is 4.26. The van der Waals surface area contributed by atoms with Gasteiger partial charge in [0.25, 0.3) is 0 Å². The van der Waals surface area contributed by atoms with Crippen molar-refractivity contribution in [1.29, 1.82) is 0 Å². The summed E-state index contributed by atoms with van der Waals surface area (Å²) in [5, 5.41) is 6.33. The minimum absolute atomic E-state index is 0.201. The van der Waals surface area contributed by atoms with Crippen molar-refractivity contribution < 1.29 is 4.79 Å². The summed E-state index contributed by atoms with van der Waals surface area (Å²) in [7, 11) is 0. The van der Waals surface area contributed by atoms with Gasteiger partial charge in [0.05, 0.1) is 17.7 Å². The number of likely N-dealkylation sites (tertiary alicyclic amines) is 1. The highest BCUT2D eigenvalue weighted by atomic mass is 32.1. The number of amides is 1. The third kappa shape index (κ3) is 4.10. The third-order valence-corrected chi connectivity index (χ3v) is 5.80. The van der Waals surface area contributed by atoms with Crippen molar-refractivity contribution in [3.05, 3.63) is 52.8 Å². The first-order valence-electron chi connectivity index (χ1n) is 9.35. The highest BCUT2D eigenvalue weighted by molar-refractivity contribution is 7.07. The lowest BCUT2D eigenvalue weighted by molar-refractivity contribution is -0.132. The fourth-order valence-electron chi connectivity index (χ4n) is 3.71. The van der Waals surface area contributed by atoms with Crippen LogP contribution >= 0.6 is 11.3 Å². The van der Waals surface area contributed by atoms with E-state index < -0.39 is 0 Å². The van der Waals surface area contributed by atoms with Gasteiger partial charge in [-0.2, -0.15) is 5.10 Å². The van der Waals surface area contributed by atoms with Gasteiger partial charge in [-0.15, -0.1) is 11.3 Å². The predicted molar refractivity (Wildman–Crippen MR) is 104 cm³/mol. The van der Waals surface area contributed by atoms with E-state index in [1.54, 1.807) is 17.5 Å². The van der Waals surface area contributed by atoms with E-state index in [2.05, 4.69) is 25.0 Å². The van der Waals surface area contributed by atoms with E-state index in [0.717, 1.165) is 49.7 Å². The number of aryl methyl sites for hydroxylation is 2. The number of aromatic nitrogens is 5. The lowest BCUT2D eigenvalue weighted by Crippen LogP contribution is -2.40. The van der Waals surface area contributed by atoms with Gasteiger partial charge in [-0.05, 0) is 25.8 Å². The molecule has 1 aliphatic rings. The normalized spacial score (nSPS) is 17.4. The molecule has 27 heavy (non-hydrogen) atoms. The van der Waals surface area contributed by atoms with Crippen LogP contribution in [-0.2, 0) is 17.9 Å². The summed E-state index contributed by atoms with van der Waals surface area (Å²) in [5.74, 6) is 1.54. The maximum absolute atomic E-state index is 12.7. The fraction of sp³-hybridized carbons (Fsp3) is 0.474. The standard InChI is InChI=1S/C19H24N6OS/c1-15-4-6-22-25(15)9-5-18(26)23-8-2-3-16(11-23)19-20-7-10-24(19)12-17-13-27-14-21-17/h4,6-7,10,13-14,16H,2-3,5,8-9,11-12H2,1H3/t16-/m1/s1. The first-order chi connectivity index (χ1) is 13.2. The highest BCUT2D eigenvalue weighted by Gasteiger charge is 2.27. The summed E-state index contributed by atoms with van der Waals surface area (Å²) in [4.78, 5) is 23.7. The number of thiazole rings is 1. The maximum atomic E-state index is 12.7. The molecule has 0 bridgehead atoms. The Balaban J connectivity index is 1.39. The minimum atomic E-state index is 0.201. The Labute approximate surface area is 162 Å². The van der Waals surface area contributed by atoms with E-state index in [0.29, 0.717) is 13.0 Å². The van der Waals surface area contributed by atoms with Gasteiger partial charge in [0.2, 0.25) is 5.91 Å². The van der Waals surface area contributed by atoms with Crippen LogP contribution in [0.3, 0.4) is 0 Å². The number of hydrogen-bond donors (Lipinski definition) is 0. The van der Waals surface area contributed by atoms with E-state index in [1.807, 2.05) is 40.5 Å². The van der Waals surface area contributed by atoms with Gasteiger partial charge in [0.15, 0.2) is 0 Å². The maximum Gasteiger partial charge on any atom is 0.224 e. The molecule has 1 aliphatic heterocycles. The van der Waals surface area contributed by atoms with Crippen LogP contribution in [0.2, 0.25) is 0 Å². The van der Waals surface area contributed by atoms with Crippen molar-refractivity contribution in [3.63, 3.8) is 0 Å². The van der Waals surface area contributed by atoms with Crippen LogP contribution in [-0.4, -0.2) is 48.2 Å². The van der Waals surface area contributed by atoms with E-state index in [9.17, 15) is 4.79 Å². The van der Waals surface area contributed by atoms with Crippen LogP contribution in [0.25, 0.3) is 0 Å². The Morgan fingerprint density at radius 3 is 3.04 bits per heavy atom. The molecular weight excluding hydrogens is 360 g/mol. The van der Waals surface area contributed by atoms with Crippen LogP contribution < -0.4 is 0 Å². The van der Waals surface area contributed by atoms with E-state index in [1.165, 1.54) is 0 Å². The zero-order valence-electron chi connectivity index (χ0n) is 15.5. The van der Waals surface area contributed by atoms with Gasteiger partial charge >= 0.3 is 0 Å². The number of carbonyl (C=O) groups is 1. The second-order valence-electron chi connectivity index (χ2n) is 7.02. The number of piperidine rings is 1. The molecule has 1 fully saturated rings. The molecule has 0 N–H and O–H groups in total. The van der Waals surface area contributed by atoms with Crippen molar-refractivity contribution in [2.75, 3.05) is 13.1 Å². The molecule has 1 saturated heterocycles. The van der Waals surface area contributed by atoms with Gasteiger partial charge in [-0.1, -0.05) is 0 Å². The molecule has 3 aromatic heterocycles. The lowest BCUT2D eigenvalue weighted by atomic mass is 9.96. The summed E-state index contributed by atoms with van der Waals surface area (Å²) in [6.45, 7) is 4.96. The molecule has 0 aromatic carbocycles. The molecule has 0 saturated carbocycles. The van der Waals surface area contributed by atoms with Crippen molar-refractivity contribution >= 4 is 17.2 Å². The molecule has 1 amide bonds. The average molecular weight is 385 g/mol. The second kappa shape index (κ2) is 8.04. The largest absolute Gasteiger partial charge is 0.342 e. The van der Waals surface area contributed by atoms with Gasteiger partial charge < -0.3 is 9.47 Å². The molecule has 4 rings (SSSR count). The number of rotatable bonds is 6. The minimum Gasteiger partial charge on any atom is -0.342 e. The van der Waals surface area contributed by atoms with Crippen molar-refractivity contribution in [1.82, 2.24) is 29.2 Å². The number of carbonyl (C=O) groups excluding carboxylic acids is 1. The molecule has 0 aliphatic carbocycles. The van der Waals surface area contributed by atoms with E-state index >= 15 is 0 Å². The molecule has 7 nitrogen and oxygen atoms in total. The molecule has 1 atom stereocenters. The van der Waals surface area contributed by atoms with Crippen molar-refractivity contribution in [3.8, 4) is 0 Å². The topological polar surface area (TPSA) is 68.8 Å². The highest BCUT2D eigenvalue weighted by Crippen LogP contribution is 2.26. The molecule has 8 heteroatoms. The molecule has 142 valence electrons. The molecule has 0 radical (unpaired) electrons. The summed E-state index contributed by atoms with van der Waals surface area (Å²) < 4.78 is 4.06. The van der Waals surface area contributed by atoms with Crippen molar-refractivity contribution in [2.24, 2.45) is 0 Å². The van der Waals surface area contributed by atoms with Crippen LogP contribution in [0.5, 0.6) is 0 Å². The quantitative estimate of drug-likeness (QED) is 0.655. The summed E-state index contributed by atoms with van der Waals surface area (Å²) >= 11 is 1.61. The molecule has 0 spiro atoms.